The van der Waals surface area contributed by atoms with E-state index in [-0.39, 0.29) is 30.8 Å². The number of carboxylic acid groups (broad SMARTS) is 1. The number of hydrogen-bond donors (Lipinski definition) is 4. The molecule has 0 aliphatic carbocycles. The lowest BCUT2D eigenvalue weighted by Gasteiger charge is -2.20. The smallest absolute Gasteiger partial charge is 0.322 e. The monoisotopic (exact) mass is 449 g/mol. The Morgan fingerprint density at radius 1 is 1.10 bits per heavy atom. The van der Waals surface area contributed by atoms with Crippen LogP contribution in [-0.2, 0) is 38.2 Å². The molecule has 3 atom stereocenters. The van der Waals surface area contributed by atoms with Gasteiger partial charge in [0.15, 0.2) is 0 Å². The lowest BCUT2D eigenvalue weighted by molar-refractivity contribution is -0.146. The minimum atomic E-state index is -1.29. The van der Waals surface area contributed by atoms with Gasteiger partial charge in [0.2, 0.25) is 11.8 Å². The molecule has 0 saturated carbocycles. The van der Waals surface area contributed by atoms with Crippen LogP contribution in [0.2, 0.25) is 0 Å². The fourth-order valence-corrected chi connectivity index (χ4v) is 3.16. The number of hydrogen-bond acceptors (Lipinski definition) is 10. The first-order valence-electron chi connectivity index (χ1n) is 8.82. The van der Waals surface area contributed by atoms with Gasteiger partial charge < -0.3 is 30.9 Å². The zero-order chi connectivity index (χ0) is 23.3. The topological polar surface area (TPSA) is 191 Å². The van der Waals surface area contributed by atoms with Gasteiger partial charge in [-0.05, 0) is 13.3 Å². The molecule has 0 aliphatic rings. The molecule has 0 aromatic carbocycles. The molecule has 0 aromatic heterocycles. The van der Waals surface area contributed by atoms with Crippen molar-refractivity contribution in [2.75, 3.05) is 26.5 Å². The van der Waals surface area contributed by atoms with Gasteiger partial charge in [-0.15, -0.1) is 11.8 Å². The average Bonchev–Trinajstić information content (AvgIpc) is 2.70. The highest BCUT2D eigenvalue weighted by Gasteiger charge is 2.28. The van der Waals surface area contributed by atoms with Gasteiger partial charge in [-0.2, -0.15) is 0 Å². The summed E-state index contributed by atoms with van der Waals surface area (Å²) in [6.07, 6.45) is -0.402. The average molecular weight is 449 g/mol. The largest absolute Gasteiger partial charge is 0.480 e. The summed E-state index contributed by atoms with van der Waals surface area (Å²) in [4.78, 5) is 69.6. The number of carbonyl (C=O) groups is 6. The van der Waals surface area contributed by atoms with Crippen molar-refractivity contribution in [3.8, 4) is 0 Å². The number of thioether (sulfide) groups is 1. The fourth-order valence-electron chi connectivity index (χ4n) is 2.01. The van der Waals surface area contributed by atoms with Crippen molar-refractivity contribution in [2.24, 2.45) is 5.73 Å². The van der Waals surface area contributed by atoms with Crippen molar-refractivity contribution in [3.63, 3.8) is 0 Å². The minimum Gasteiger partial charge on any atom is -0.480 e. The zero-order valence-electron chi connectivity index (χ0n) is 17.0. The van der Waals surface area contributed by atoms with Crippen LogP contribution in [0.4, 0.5) is 0 Å². The highest BCUT2D eigenvalue weighted by molar-refractivity contribution is 8.00. The van der Waals surface area contributed by atoms with E-state index in [9.17, 15) is 28.8 Å². The SMILES string of the molecule is COC(=O)CC(SC[C@H](NC(=O)CC[C@H](N)C(C)=O)C(=O)NCC(=O)O)C(=O)OC. The van der Waals surface area contributed by atoms with Crippen LogP contribution < -0.4 is 16.4 Å². The second kappa shape index (κ2) is 14.3. The highest BCUT2D eigenvalue weighted by Crippen LogP contribution is 2.18. The van der Waals surface area contributed by atoms with Crippen molar-refractivity contribution in [1.82, 2.24) is 10.6 Å². The van der Waals surface area contributed by atoms with Crippen LogP contribution in [0.25, 0.3) is 0 Å². The van der Waals surface area contributed by atoms with Crippen LogP contribution >= 0.6 is 11.8 Å². The first-order chi connectivity index (χ1) is 14.0. The maximum Gasteiger partial charge on any atom is 0.322 e. The Morgan fingerprint density at radius 2 is 1.73 bits per heavy atom. The van der Waals surface area contributed by atoms with E-state index in [2.05, 4.69) is 20.1 Å². The molecule has 170 valence electrons. The molecule has 0 aliphatic heterocycles. The molecule has 0 heterocycles. The van der Waals surface area contributed by atoms with Crippen LogP contribution in [0.5, 0.6) is 0 Å². The van der Waals surface area contributed by atoms with Gasteiger partial charge in [0.05, 0.1) is 26.7 Å². The van der Waals surface area contributed by atoms with Gasteiger partial charge in [0.25, 0.3) is 0 Å². The predicted octanol–water partition coefficient (Wildman–Crippen LogP) is -1.79. The van der Waals surface area contributed by atoms with Crippen LogP contribution in [-0.4, -0.2) is 84.5 Å². The Morgan fingerprint density at radius 3 is 2.23 bits per heavy atom. The van der Waals surface area contributed by atoms with Gasteiger partial charge >= 0.3 is 17.9 Å². The number of ether oxygens (including phenoxy) is 2. The third-order valence-electron chi connectivity index (χ3n) is 3.78. The number of amides is 2. The van der Waals surface area contributed by atoms with Gasteiger partial charge in [0.1, 0.15) is 23.6 Å². The Balaban J connectivity index is 5.13. The van der Waals surface area contributed by atoms with Crippen molar-refractivity contribution in [2.45, 2.75) is 43.5 Å². The van der Waals surface area contributed by atoms with Crippen LogP contribution in [0.15, 0.2) is 0 Å². The first kappa shape index (κ1) is 27.3. The summed E-state index contributed by atoms with van der Waals surface area (Å²) in [5, 5.41) is 12.3. The second-order valence-corrected chi connectivity index (χ2v) is 7.35. The van der Waals surface area contributed by atoms with Crippen molar-refractivity contribution >= 4 is 47.3 Å². The molecule has 0 spiro atoms. The summed E-state index contributed by atoms with van der Waals surface area (Å²) >= 11 is 0.863. The highest BCUT2D eigenvalue weighted by atomic mass is 32.2. The number of rotatable bonds is 14. The first-order valence-corrected chi connectivity index (χ1v) is 9.87. The summed E-state index contributed by atoms with van der Waals surface area (Å²) in [6, 6.07) is -2.03. The number of Topliss-reactive ketones (excluding diaryl/α,β-unsaturated/α-hetero) is 1. The molecule has 2 amide bonds. The van der Waals surface area contributed by atoms with Crippen molar-refractivity contribution in [1.29, 1.82) is 0 Å². The number of carbonyl (C=O) groups excluding carboxylic acids is 5. The van der Waals surface area contributed by atoms with Gasteiger partial charge in [-0.25, -0.2) is 0 Å². The van der Waals surface area contributed by atoms with E-state index in [1.807, 2.05) is 0 Å². The number of nitrogens with two attached hydrogens (primary N) is 1. The van der Waals surface area contributed by atoms with E-state index in [0.29, 0.717) is 0 Å². The fraction of sp³-hybridized carbons (Fsp3) is 0.647. The van der Waals surface area contributed by atoms with E-state index >= 15 is 0 Å². The molecule has 0 aromatic rings. The van der Waals surface area contributed by atoms with Gasteiger partial charge in [-0.1, -0.05) is 0 Å². The normalized spacial score (nSPS) is 13.3. The molecule has 13 heteroatoms. The molecule has 0 bridgehead atoms. The van der Waals surface area contributed by atoms with Gasteiger partial charge in [0, 0.05) is 12.2 Å². The van der Waals surface area contributed by atoms with E-state index < -0.39 is 53.6 Å². The van der Waals surface area contributed by atoms with E-state index in [1.54, 1.807) is 0 Å². The molecule has 0 saturated heterocycles. The van der Waals surface area contributed by atoms with E-state index in [1.165, 1.54) is 6.92 Å². The zero-order valence-corrected chi connectivity index (χ0v) is 17.8. The Labute approximate surface area is 177 Å². The predicted molar refractivity (Wildman–Crippen MR) is 105 cm³/mol. The quantitative estimate of drug-likeness (QED) is 0.219. The lowest BCUT2D eigenvalue weighted by atomic mass is 10.1. The van der Waals surface area contributed by atoms with E-state index in [0.717, 1.165) is 26.0 Å². The number of aliphatic carboxylic acids is 1. The Hall–Kier alpha value is -2.67. The van der Waals surface area contributed by atoms with Crippen LogP contribution in [0.1, 0.15) is 26.2 Å². The molecule has 5 N–H and O–H groups in total. The summed E-state index contributed by atoms with van der Waals surface area (Å²) in [5.41, 5.74) is 5.57. The standard InChI is InChI=1S/C17H27N3O9S/c1-9(21)10(18)4-5-13(22)20-11(16(26)19-7-14(23)24)8-30-12(17(27)29-3)6-15(25)28-2/h10-12H,4-8,18H2,1-3H3,(H,19,26)(H,20,22)(H,23,24)/t10-,11-,12?/m0/s1. The molecule has 0 fully saturated rings. The molecule has 0 radical (unpaired) electrons. The third-order valence-corrected chi connectivity index (χ3v) is 5.07. The number of carboxylic acids is 1. The number of methoxy groups -OCH3 is 2. The third kappa shape index (κ3) is 11.4. The number of ketones is 1. The Kier molecular flexibility index (Phi) is 13.1. The minimum absolute atomic E-state index is 0.0604. The second-order valence-electron chi connectivity index (χ2n) is 6.11. The molecule has 0 rings (SSSR count). The van der Waals surface area contributed by atoms with E-state index in [4.69, 9.17) is 10.8 Å². The summed E-state index contributed by atoms with van der Waals surface area (Å²) < 4.78 is 9.14. The number of esters is 2. The molecular weight excluding hydrogens is 422 g/mol. The van der Waals surface area contributed by atoms with Crippen LogP contribution in [0, 0.1) is 0 Å². The maximum atomic E-state index is 12.3. The molecule has 12 nitrogen and oxygen atoms in total. The van der Waals surface area contributed by atoms with Gasteiger partial charge in [-0.3, -0.25) is 28.8 Å². The van der Waals surface area contributed by atoms with Crippen molar-refractivity contribution < 1.29 is 43.3 Å². The maximum absolute atomic E-state index is 12.3. The molecule has 30 heavy (non-hydrogen) atoms. The summed E-state index contributed by atoms with van der Waals surface area (Å²) in [6.45, 7) is 0.614. The molecular formula is C17H27N3O9S. The van der Waals surface area contributed by atoms with Crippen LogP contribution in [0.3, 0.4) is 0 Å². The van der Waals surface area contributed by atoms with Crippen molar-refractivity contribution in [3.05, 3.63) is 0 Å². The summed E-state index contributed by atoms with van der Waals surface area (Å²) in [7, 11) is 2.28. The lowest BCUT2D eigenvalue weighted by Crippen LogP contribution is -2.50. The number of nitrogens with one attached hydrogen (secondary N) is 2. The Bertz CT molecular complexity index is 656. The molecule has 1 unspecified atom stereocenters. The summed E-state index contributed by atoms with van der Waals surface area (Å²) in [5.74, 6) is -4.53.